The lowest BCUT2D eigenvalue weighted by Gasteiger charge is -2.36. The Morgan fingerprint density at radius 3 is 2.78 bits per heavy atom. The van der Waals surface area contributed by atoms with Gasteiger partial charge in [-0.15, -0.1) is 0 Å². The number of carbonyl (C=O) groups excluding carboxylic acids is 1. The highest BCUT2D eigenvalue weighted by Crippen LogP contribution is 2.44. The minimum Gasteiger partial charge on any atom is -0.467 e. The number of rotatable bonds is 1. The average molecular weight is 308 g/mol. The van der Waals surface area contributed by atoms with Crippen LogP contribution >= 0.6 is 0 Å². The van der Waals surface area contributed by atoms with Crippen molar-refractivity contribution >= 4 is 22.9 Å². The fraction of sp³-hybridized carbons (Fsp3) is 0.368. The van der Waals surface area contributed by atoms with E-state index in [-0.39, 0.29) is 23.2 Å². The first-order chi connectivity index (χ1) is 11.0. The third-order valence-corrected chi connectivity index (χ3v) is 4.68. The van der Waals surface area contributed by atoms with E-state index in [9.17, 15) is 4.79 Å². The SMILES string of the molecule is CC1(C)CC(=O)C2C(=Nc3ccccc3NC2c2ccco2)C1. The molecular formula is C19H20N2O2. The molecule has 0 spiro atoms. The predicted octanol–water partition coefficient (Wildman–Crippen LogP) is 4.52. The van der Waals surface area contributed by atoms with Gasteiger partial charge in [-0.3, -0.25) is 9.79 Å². The smallest absolute Gasteiger partial charge is 0.144 e. The van der Waals surface area contributed by atoms with Gasteiger partial charge in [-0.05, 0) is 36.1 Å². The Hall–Kier alpha value is -2.36. The van der Waals surface area contributed by atoms with Crippen molar-refractivity contribution < 1.29 is 9.21 Å². The lowest BCUT2D eigenvalue weighted by Crippen LogP contribution is -2.42. The summed E-state index contributed by atoms with van der Waals surface area (Å²) in [4.78, 5) is 17.8. The topological polar surface area (TPSA) is 54.6 Å². The number of aliphatic imine (C=N–C) groups is 1. The second kappa shape index (κ2) is 5.08. The number of benzene rings is 1. The molecule has 0 bridgehead atoms. The molecule has 1 fully saturated rings. The first-order valence-corrected chi connectivity index (χ1v) is 8.03. The molecule has 2 heterocycles. The van der Waals surface area contributed by atoms with Gasteiger partial charge in [0.25, 0.3) is 0 Å². The van der Waals surface area contributed by atoms with Crippen molar-refractivity contribution in [2.45, 2.75) is 32.7 Å². The number of Topliss-reactive ketones (excluding diaryl/α,β-unsaturated/α-hetero) is 1. The molecule has 4 heteroatoms. The molecular weight excluding hydrogens is 288 g/mol. The Kier molecular flexibility index (Phi) is 3.15. The van der Waals surface area contributed by atoms with E-state index in [0.29, 0.717) is 6.42 Å². The van der Waals surface area contributed by atoms with Crippen molar-refractivity contribution in [3.05, 3.63) is 48.4 Å². The van der Waals surface area contributed by atoms with Gasteiger partial charge in [-0.2, -0.15) is 0 Å². The Morgan fingerprint density at radius 2 is 2.00 bits per heavy atom. The first kappa shape index (κ1) is 14.2. The van der Waals surface area contributed by atoms with Crippen molar-refractivity contribution in [3.8, 4) is 0 Å². The van der Waals surface area contributed by atoms with E-state index in [1.807, 2.05) is 36.4 Å². The highest BCUT2D eigenvalue weighted by atomic mass is 16.3. The molecule has 4 rings (SSSR count). The molecule has 2 aliphatic rings. The van der Waals surface area contributed by atoms with Crippen LogP contribution in [-0.2, 0) is 4.79 Å². The normalized spacial score (nSPS) is 25.7. The summed E-state index contributed by atoms with van der Waals surface area (Å²) in [5.41, 5.74) is 2.76. The van der Waals surface area contributed by atoms with E-state index in [2.05, 4.69) is 19.2 Å². The highest BCUT2D eigenvalue weighted by molar-refractivity contribution is 6.10. The maximum absolute atomic E-state index is 12.9. The van der Waals surface area contributed by atoms with Crippen molar-refractivity contribution in [1.82, 2.24) is 0 Å². The van der Waals surface area contributed by atoms with Gasteiger partial charge in [0.2, 0.25) is 0 Å². The molecule has 2 aromatic rings. The number of furan rings is 1. The van der Waals surface area contributed by atoms with E-state index >= 15 is 0 Å². The third kappa shape index (κ3) is 2.48. The van der Waals surface area contributed by atoms with Gasteiger partial charge in [0.1, 0.15) is 11.5 Å². The molecule has 1 aromatic heterocycles. The molecule has 0 saturated heterocycles. The van der Waals surface area contributed by atoms with Crippen molar-refractivity contribution in [2.75, 3.05) is 5.32 Å². The molecule has 0 amide bonds. The number of para-hydroxylation sites is 2. The van der Waals surface area contributed by atoms with E-state index in [1.54, 1.807) is 6.26 Å². The van der Waals surface area contributed by atoms with Crippen LogP contribution in [0.5, 0.6) is 0 Å². The summed E-state index contributed by atoms with van der Waals surface area (Å²) in [7, 11) is 0. The molecule has 1 N–H and O–H groups in total. The zero-order valence-electron chi connectivity index (χ0n) is 13.4. The minimum atomic E-state index is -0.262. The molecule has 4 nitrogen and oxygen atoms in total. The van der Waals surface area contributed by atoms with E-state index in [0.717, 1.165) is 29.3 Å². The first-order valence-electron chi connectivity index (χ1n) is 8.03. The zero-order valence-corrected chi connectivity index (χ0v) is 13.4. The number of anilines is 1. The van der Waals surface area contributed by atoms with Crippen LogP contribution in [0.3, 0.4) is 0 Å². The summed E-state index contributed by atoms with van der Waals surface area (Å²) < 4.78 is 5.62. The Bertz CT molecular complexity index is 774. The number of carbonyl (C=O) groups is 1. The third-order valence-electron chi connectivity index (χ3n) is 4.68. The van der Waals surface area contributed by atoms with E-state index in [4.69, 9.17) is 9.41 Å². The maximum atomic E-state index is 12.9. The molecule has 118 valence electrons. The Labute approximate surface area is 135 Å². The summed E-state index contributed by atoms with van der Waals surface area (Å²) in [5, 5.41) is 3.49. The highest BCUT2D eigenvalue weighted by Gasteiger charge is 2.44. The summed E-state index contributed by atoms with van der Waals surface area (Å²) in [5.74, 6) is 0.760. The van der Waals surface area contributed by atoms with Gasteiger partial charge in [0, 0.05) is 12.1 Å². The summed E-state index contributed by atoms with van der Waals surface area (Å²) in [6.45, 7) is 4.27. The molecule has 1 aliphatic heterocycles. The monoisotopic (exact) mass is 308 g/mol. The standard InChI is InChI=1S/C19H20N2O2/c1-19(2)10-14-17(15(22)11-19)18(16-8-5-9-23-16)21-13-7-4-3-6-12(13)20-14/h3-9,17-18,21H,10-11H2,1-2H3. The number of nitrogens with one attached hydrogen (secondary N) is 1. The number of hydrogen-bond donors (Lipinski definition) is 1. The maximum Gasteiger partial charge on any atom is 0.144 e. The molecule has 1 saturated carbocycles. The largest absolute Gasteiger partial charge is 0.467 e. The van der Waals surface area contributed by atoms with Crippen LogP contribution in [-0.4, -0.2) is 11.5 Å². The van der Waals surface area contributed by atoms with Crippen molar-refractivity contribution in [2.24, 2.45) is 16.3 Å². The average Bonchev–Trinajstić information content (AvgIpc) is 2.95. The van der Waals surface area contributed by atoms with Crippen molar-refractivity contribution in [3.63, 3.8) is 0 Å². The Morgan fingerprint density at radius 1 is 1.17 bits per heavy atom. The fourth-order valence-corrected chi connectivity index (χ4v) is 3.72. The van der Waals surface area contributed by atoms with Gasteiger partial charge in [0.05, 0.1) is 29.6 Å². The Balaban J connectivity index is 1.87. The molecule has 2 atom stereocenters. The van der Waals surface area contributed by atoms with Crippen LogP contribution in [0.25, 0.3) is 0 Å². The second-order valence-corrected chi connectivity index (χ2v) is 7.22. The molecule has 1 aliphatic carbocycles. The van der Waals surface area contributed by atoms with Crippen LogP contribution in [0, 0.1) is 11.3 Å². The molecule has 1 aromatic carbocycles. The number of hydrogen-bond acceptors (Lipinski definition) is 4. The van der Waals surface area contributed by atoms with Crippen LogP contribution in [0.1, 0.15) is 38.5 Å². The number of ketones is 1. The quantitative estimate of drug-likeness (QED) is 0.842. The lowest BCUT2D eigenvalue weighted by atomic mass is 9.68. The summed E-state index contributed by atoms with van der Waals surface area (Å²) in [6, 6.07) is 11.5. The van der Waals surface area contributed by atoms with E-state index in [1.165, 1.54) is 0 Å². The van der Waals surface area contributed by atoms with E-state index < -0.39 is 0 Å². The van der Waals surface area contributed by atoms with Crippen LogP contribution < -0.4 is 5.32 Å². The minimum absolute atomic E-state index is 0.0422. The summed E-state index contributed by atoms with van der Waals surface area (Å²) >= 11 is 0. The molecule has 2 unspecified atom stereocenters. The van der Waals surface area contributed by atoms with Crippen LogP contribution in [0.15, 0.2) is 52.1 Å². The molecule has 23 heavy (non-hydrogen) atoms. The van der Waals surface area contributed by atoms with Gasteiger partial charge < -0.3 is 9.73 Å². The predicted molar refractivity (Wildman–Crippen MR) is 90.1 cm³/mol. The van der Waals surface area contributed by atoms with Gasteiger partial charge in [-0.1, -0.05) is 26.0 Å². The van der Waals surface area contributed by atoms with Crippen LogP contribution in [0.4, 0.5) is 11.4 Å². The lowest BCUT2D eigenvalue weighted by molar-refractivity contribution is -0.124. The van der Waals surface area contributed by atoms with Gasteiger partial charge in [-0.25, -0.2) is 0 Å². The summed E-state index contributed by atoms with van der Waals surface area (Å²) in [6.07, 6.45) is 3.06. The number of nitrogens with zero attached hydrogens (tertiary/aromatic N) is 1. The van der Waals surface area contributed by atoms with Gasteiger partial charge >= 0.3 is 0 Å². The van der Waals surface area contributed by atoms with Gasteiger partial charge in [0.15, 0.2) is 0 Å². The van der Waals surface area contributed by atoms with Crippen LogP contribution in [0.2, 0.25) is 0 Å². The zero-order chi connectivity index (χ0) is 16.0. The second-order valence-electron chi connectivity index (χ2n) is 7.22. The fourth-order valence-electron chi connectivity index (χ4n) is 3.72. The van der Waals surface area contributed by atoms with Crippen molar-refractivity contribution in [1.29, 1.82) is 0 Å². The molecule has 0 radical (unpaired) electrons. The number of fused-ring (bicyclic) bond motifs is 2.